The Hall–Kier alpha value is -4.04. The lowest BCUT2D eigenvalue weighted by Gasteiger charge is -2.33. The zero-order valence-corrected chi connectivity index (χ0v) is 20.6. The first-order chi connectivity index (χ1) is 17.5. The van der Waals surface area contributed by atoms with E-state index in [1.165, 1.54) is 0 Å². The molecule has 0 spiro atoms. The first-order valence-corrected chi connectivity index (χ1v) is 12.1. The molecule has 0 bridgehead atoms. The third-order valence-corrected chi connectivity index (χ3v) is 6.60. The van der Waals surface area contributed by atoms with Crippen molar-refractivity contribution >= 4 is 23.6 Å². The van der Waals surface area contributed by atoms with Crippen LogP contribution in [-0.4, -0.2) is 65.7 Å². The number of carbonyl (C=O) groups is 2. The van der Waals surface area contributed by atoms with Crippen LogP contribution >= 0.6 is 0 Å². The molecule has 1 saturated heterocycles. The quantitative estimate of drug-likeness (QED) is 0.539. The smallest absolute Gasteiger partial charge is 0.246 e. The van der Waals surface area contributed by atoms with Crippen LogP contribution in [0.2, 0.25) is 0 Å². The molecule has 36 heavy (non-hydrogen) atoms. The second-order valence-electron chi connectivity index (χ2n) is 9.05. The molecule has 1 aromatic heterocycles. The molecule has 0 saturated carbocycles. The third-order valence-electron chi connectivity index (χ3n) is 6.60. The lowest BCUT2D eigenvalue weighted by molar-refractivity contribution is -0.127. The van der Waals surface area contributed by atoms with Crippen molar-refractivity contribution in [2.24, 2.45) is 0 Å². The number of anilines is 1. The van der Waals surface area contributed by atoms with E-state index in [1.54, 1.807) is 6.08 Å². The summed E-state index contributed by atoms with van der Waals surface area (Å²) in [4.78, 5) is 29.1. The largest absolute Gasteiger partial charge is 0.454 e. The number of para-hydroxylation sites is 1. The standard InChI is InChI=1S/C28H30N4O4/c1-20-16-22(21(2)32(20)24-9-10-25-26(17-24)36-19-35-25)8-11-28(34)31-14-12-30(13-15-31)18-27(33)29-23-6-4-3-5-7-23/h3-11,16-17H,12-15,18-19H2,1-2H3,(H,29,33)/b11-8-. The second kappa shape index (κ2) is 10.3. The highest BCUT2D eigenvalue weighted by molar-refractivity contribution is 5.93. The average molecular weight is 487 g/mol. The molecule has 3 heterocycles. The molecule has 0 aliphatic carbocycles. The Morgan fingerprint density at radius 1 is 0.944 bits per heavy atom. The Kier molecular flexibility index (Phi) is 6.77. The van der Waals surface area contributed by atoms with Crippen molar-refractivity contribution in [2.45, 2.75) is 13.8 Å². The Bertz CT molecular complexity index is 1290. The predicted molar refractivity (Wildman–Crippen MR) is 138 cm³/mol. The van der Waals surface area contributed by atoms with Gasteiger partial charge in [-0.15, -0.1) is 0 Å². The molecular formula is C28H30N4O4. The second-order valence-corrected chi connectivity index (χ2v) is 9.05. The minimum Gasteiger partial charge on any atom is -0.454 e. The number of rotatable bonds is 6. The van der Waals surface area contributed by atoms with E-state index in [9.17, 15) is 9.59 Å². The van der Waals surface area contributed by atoms with Gasteiger partial charge in [-0.3, -0.25) is 14.5 Å². The number of piperazine rings is 1. The van der Waals surface area contributed by atoms with Crippen LogP contribution in [-0.2, 0) is 9.59 Å². The van der Waals surface area contributed by atoms with Crippen molar-refractivity contribution in [1.82, 2.24) is 14.4 Å². The third kappa shape index (κ3) is 5.13. The highest BCUT2D eigenvalue weighted by atomic mass is 16.7. The van der Waals surface area contributed by atoms with Crippen molar-refractivity contribution in [3.8, 4) is 17.2 Å². The summed E-state index contributed by atoms with van der Waals surface area (Å²) in [6, 6.07) is 17.4. The van der Waals surface area contributed by atoms with Crippen LogP contribution in [0.4, 0.5) is 5.69 Å². The minimum atomic E-state index is -0.0429. The van der Waals surface area contributed by atoms with Gasteiger partial charge in [0.2, 0.25) is 18.6 Å². The zero-order chi connectivity index (χ0) is 25.1. The maximum Gasteiger partial charge on any atom is 0.246 e. The predicted octanol–water partition coefficient (Wildman–Crippen LogP) is 3.62. The molecule has 0 atom stereocenters. The molecule has 2 amide bonds. The first-order valence-electron chi connectivity index (χ1n) is 12.1. The Morgan fingerprint density at radius 3 is 2.47 bits per heavy atom. The number of carbonyl (C=O) groups excluding carboxylic acids is 2. The fourth-order valence-electron chi connectivity index (χ4n) is 4.70. The van der Waals surface area contributed by atoms with Crippen LogP contribution in [0.1, 0.15) is 17.0 Å². The van der Waals surface area contributed by atoms with Gasteiger partial charge in [-0.2, -0.15) is 0 Å². The molecule has 0 radical (unpaired) electrons. The molecule has 2 aliphatic rings. The van der Waals surface area contributed by atoms with Gasteiger partial charge in [0.1, 0.15) is 0 Å². The summed E-state index contributed by atoms with van der Waals surface area (Å²) in [5.74, 6) is 1.43. The van der Waals surface area contributed by atoms with Gasteiger partial charge < -0.3 is 24.3 Å². The summed E-state index contributed by atoms with van der Waals surface area (Å²) in [5.41, 5.74) is 4.90. The molecule has 186 valence electrons. The van der Waals surface area contributed by atoms with Crippen LogP contribution in [0.15, 0.2) is 60.7 Å². The number of nitrogens with zero attached hydrogens (tertiary/aromatic N) is 3. The summed E-state index contributed by atoms with van der Waals surface area (Å²) in [6.07, 6.45) is 3.53. The van der Waals surface area contributed by atoms with Gasteiger partial charge in [-0.25, -0.2) is 0 Å². The van der Waals surface area contributed by atoms with E-state index in [0.717, 1.165) is 39.8 Å². The number of benzene rings is 2. The van der Waals surface area contributed by atoms with Crippen molar-refractivity contribution in [1.29, 1.82) is 0 Å². The topological polar surface area (TPSA) is 76.0 Å². The maximum absolute atomic E-state index is 12.8. The number of nitrogens with one attached hydrogen (secondary N) is 1. The van der Waals surface area contributed by atoms with Gasteiger partial charge in [0.15, 0.2) is 11.5 Å². The van der Waals surface area contributed by atoms with E-state index in [-0.39, 0.29) is 18.6 Å². The van der Waals surface area contributed by atoms with Gasteiger partial charge in [0, 0.05) is 61.1 Å². The Balaban J connectivity index is 1.16. The van der Waals surface area contributed by atoms with Crippen LogP contribution < -0.4 is 14.8 Å². The monoisotopic (exact) mass is 486 g/mol. The fraction of sp³-hybridized carbons (Fsp3) is 0.286. The summed E-state index contributed by atoms with van der Waals surface area (Å²) in [7, 11) is 0. The summed E-state index contributed by atoms with van der Waals surface area (Å²) in [6.45, 7) is 7.17. The lowest BCUT2D eigenvalue weighted by atomic mass is 10.2. The minimum absolute atomic E-state index is 0.0173. The van der Waals surface area contributed by atoms with Crippen LogP contribution in [0.25, 0.3) is 11.8 Å². The van der Waals surface area contributed by atoms with E-state index in [4.69, 9.17) is 9.47 Å². The number of aromatic nitrogens is 1. The van der Waals surface area contributed by atoms with Gasteiger partial charge >= 0.3 is 0 Å². The van der Waals surface area contributed by atoms with E-state index in [2.05, 4.69) is 20.9 Å². The molecule has 0 unspecified atom stereocenters. The highest BCUT2D eigenvalue weighted by Gasteiger charge is 2.22. The molecule has 2 aliphatic heterocycles. The number of fused-ring (bicyclic) bond motifs is 1. The first kappa shape index (κ1) is 23.7. The summed E-state index contributed by atoms with van der Waals surface area (Å²) < 4.78 is 13.1. The van der Waals surface area contributed by atoms with Crippen LogP contribution in [0, 0.1) is 13.8 Å². The van der Waals surface area contributed by atoms with Crippen molar-refractivity contribution in [3.63, 3.8) is 0 Å². The summed E-state index contributed by atoms with van der Waals surface area (Å²) in [5, 5.41) is 2.91. The van der Waals surface area contributed by atoms with Crippen LogP contribution in [0.5, 0.6) is 11.5 Å². The van der Waals surface area contributed by atoms with E-state index < -0.39 is 0 Å². The fourth-order valence-corrected chi connectivity index (χ4v) is 4.70. The normalized spacial score (nSPS) is 15.4. The maximum atomic E-state index is 12.8. The Labute approximate surface area is 210 Å². The highest BCUT2D eigenvalue weighted by Crippen LogP contribution is 2.35. The number of hydrogen-bond donors (Lipinski definition) is 1. The number of aryl methyl sites for hydroxylation is 1. The van der Waals surface area contributed by atoms with E-state index in [0.29, 0.717) is 32.7 Å². The van der Waals surface area contributed by atoms with Gasteiger partial charge in [-0.05, 0) is 55.8 Å². The molecule has 8 heteroatoms. The molecule has 8 nitrogen and oxygen atoms in total. The average Bonchev–Trinajstić information content (AvgIpc) is 3.46. The number of hydrogen-bond acceptors (Lipinski definition) is 5. The molecule has 5 rings (SSSR count). The van der Waals surface area contributed by atoms with Crippen molar-refractivity contribution in [2.75, 3.05) is 44.8 Å². The zero-order valence-electron chi connectivity index (χ0n) is 20.6. The number of amides is 2. The van der Waals surface area contributed by atoms with Gasteiger partial charge in [0.25, 0.3) is 0 Å². The van der Waals surface area contributed by atoms with Crippen LogP contribution in [0.3, 0.4) is 0 Å². The molecule has 3 aromatic rings. The van der Waals surface area contributed by atoms with E-state index in [1.807, 2.05) is 73.4 Å². The van der Waals surface area contributed by atoms with Gasteiger partial charge in [-0.1, -0.05) is 18.2 Å². The lowest BCUT2D eigenvalue weighted by Crippen LogP contribution is -2.50. The summed E-state index contributed by atoms with van der Waals surface area (Å²) >= 11 is 0. The Morgan fingerprint density at radius 2 is 1.69 bits per heavy atom. The number of ether oxygens (including phenoxy) is 2. The molecule has 1 fully saturated rings. The molecular weight excluding hydrogens is 456 g/mol. The molecule has 1 N–H and O–H groups in total. The van der Waals surface area contributed by atoms with Crippen molar-refractivity contribution in [3.05, 3.63) is 77.6 Å². The SMILES string of the molecule is Cc1cc(/C=C\C(=O)N2CCN(CC(=O)Nc3ccccc3)CC2)c(C)n1-c1ccc2c(c1)OCO2. The van der Waals surface area contributed by atoms with Gasteiger partial charge in [0.05, 0.1) is 6.54 Å². The molecule has 2 aromatic carbocycles. The van der Waals surface area contributed by atoms with Crippen molar-refractivity contribution < 1.29 is 19.1 Å². The van der Waals surface area contributed by atoms with E-state index >= 15 is 0 Å².